The second kappa shape index (κ2) is 2.77. The Hall–Kier alpha value is -0.960. The summed E-state index contributed by atoms with van der Waals surface area (Å²) in [4.78, 5) is 24.5. The average Bonchev–Trinajstić information content (AvgIpc) is 2.55. The third-order valence-corrected chi connectivity index (χ3v) is 3.85. The van der Waals surface area contributed by atoms with Crippen LogP contribution in [0.3, 0.4) is 0 Å². The SMILES string of the molecule is CC(=O)c1sc2c(c1C)C(=O)CC2. The Morgan fingerprint density at radius 2 is 2.08 bits per heavy atom. The van der Waals surface area contributed by atoms with Crippen LogP contribution in [0.15, 0.2) is 0 Å². The highest BCUT2D eigenvalue weighted by Crippen LogP contribution is 2.34. The molecule has 0 aromatic carbocycles. The minimum atomic E-state index is 0.0738. The highest BCUT2D eigenvalue weighted by Gasteiger charge is 2.27. The predicted molar refractivity (Wildman–Crippen MR) is 51.7 cm³/mol. The number of fused-ring (bicyclic) bond motifs is 1. The fourth-order valence-corrected chi connectivity index (χ4v) is 3.02. The van der Waals surface area contributed by atoms with Crippen LogP contribution in [0, 0.1) is 6.92 Å². The summed E-state index contributed by atoms with van der Waals surface area (Å²) >= 11 is 1.49. The first kappa shape index (κ1) is 8.63. The molecule has 3 heteroatoms. The number of Topliss-reactive ketones (excluding diaryl/α,β-unsaturated/α-hetero) is 2. The molecule has 1 aliphatic rings. The van der Waals surface area contributed by atoms with Crippen molar-refractivity contribution in [3.63, 3.8) is 0 Å². The van der Waals surface area contributed by atoms with Crippen molar-refractivity contribution in [3.8, 4) is 0 Å². The Morgan fingerprint density at radius 1 is 1.38 bits per heavy atom. The average molecular weight is 194 g/mol. The van der Waals surface area contributed by atoms with Crippen LogP contribution >= 0.6 is 11.3 Å². The third kappa shape index (κ3) is 1.15. The smallest absolute Gasteiger partial charge is 0.170 e. The van der Waals surface area contributed by atoms with E-state index < -0.39 is 0 Å². The van der Waals surface area contributed by atoms with Crippen molar-refractivity contribution in [1.82, 2.24) is 0 Å². The molecule has 0 atom stereocenters. The van der Waals surface area contributed by atoms with Crippen molar-refractivity contribution in [2.45, 2.75) is 26.7 Å². The zero-order chi connectivity index (χ0) is 9.59. The molecule has 13 heavy (non-hydrogen) atoms. The second-order valence-electron chi connectivity index (χ2n) is 3.33. The zero-order valence-electron chi connectivity index (χ0n) is 7.64. The maximum atomic E-state index is 11.4. The lowest BCUT2D eigenvalue weighted by molar-refractivity contribution is 0.0994. The molecular weight excluding hydrogens is 184 g/mol. The molecule has 0 radical (unpaired) electrons. The van der Waals surface area contributed by atoms with Crippen LogP contribution in [0.4, 0.5) is 0 Å². The van der Waals surface area contributed by atoms with E-state index in [0.717, 1.165) is 27.3 Å². The molecule has 1 aromatic heterocycles. The second-order valence-corrected chi connectivity index (χ2v) is 4.44. The zero-order valence-corrected chi connectivity index (χ0v) is 8.46. The maximum absolute atomic E-state index is 11.4. The van der Waals surface area contributed by atoms with Crippen LogP contribution in [0.2, 0.25) is 0 Å². The number of rotatable bonds is 1. The number of hydrogen-bond donors (Lipinski definition) is 0. The van der Waals surface area contributed by atoms with Crippen molar-refractivity contribution in [3.05, 3.63) is 20.9 Å². The number of hydrogen-bond acceptors (Lipinski definition) is 3. The van der Waals surface area contributed by atoms with Crippen molar-refractivity contribution in [2.24, 2.45) is 0 Å². The molecule has 2 rings (SSSR count). The van der Waals surface area contributed by atoms with Gasteiger partial charge in [0.15, 0.2) is 11.6 Å². The lowest BCUT2D eigenvalue weighted by atomic mass is 10.1. The van der Waals surface area contributed by atoms with Crippen LogP contribution in [0.5, 0.6) is 0 Å². The van der Waals surface area contributed by atoms with E-state index in [0.29, 0.717) is 6.42 Å². The topological polar surface area (TPSA) is 34.1 Å². The molecule has 0 unspecified atom stereocenters. The number of carbonyl (C=O) groups excluding carboxylic acids is 2. The summed E-state index contributed by atoms with van der Waals surface area (Å²) in [5.74, 6) is 0.279. The summed E-state index contributed by atoms with van der Waals surface area (Å²) in [6.45, 7) is 3.42. The maximum Gasteiger partial charge on any atom is 0.170 e. The van der Waals surface area contributed by atoms with Crippen molar-refractivity contribution >= 4 is 22.9 Å². The summed E-state index contributed by atoms with van der Waals surface area (Å²) in [6, 6.07) is 0. The van der Waals surface area contributed by atoms with Gasteiger partial charge in [0.25, 0.3) is 0 Å². The molecule has 68 valence electrons. The highest BCUT2D eigenvalue weighted by atomic mass is 32.1. The minimum absolute atomic E-state index is 0.0738. The van der Waals surface area contributed by atoms with Gasteiger partial charge in [-0.1, -0.05) is 0 Å². The van der Waals surface area contributed by atoms with E-state index in [1.807, 2.05) is 6.92 Å². The van der Waals surface area contributed by atoms with Crippen molar-refractivity contribution in [2.75, 3.05) is 0 Å². The Balaban J connectivity index is 2.62. The van der Waals surface area contributed by atoms with E-state index in [2.05, 4.69) is 0 Å². The van der Waals surface area contributed by atoms with Crippen LogP contribution < -0.4 is 0 Å². The normalized spacial score (nSPS) is 14.8. The van der Waals surface area contributed by atoms with Gasteiger partial charge in [0.1, 0.15) is 0 Å². The first-order chi connectivity index (χ1) is 6.11. The molecule has 0 fully saturated rings. The fourth-order valence-electron chi connectivity index (χ4n) is 1.80. The van der Waals surface area contributed by atoms with Gasteiger partial charge < -0.3 is 0 Å². The minimum Gasteiger partial charge on any atom is -0.294 e. The molecule has 0 bridgehead atoms. The van der Waals surface area contributed by atoms with E-state index in [-0.39, 0.29) is 11.6 Å². The first-order valence-electron chi connectivity index (χ1n) is 4.27. The summed E-state index contributed by atoms with van der Waals surface area (Å²) < 4.78 is 0. The molecule has 1 aromatic rings. The molecular formula is C10H10O2S. The molecule has 0 aliphatic heterocycles. The largest absolute Gasteiger partial charge is 0.294 e. The first-order valence-corrected chi connectivity index (χ1v) is 5.09. The van der Waals surface area contributed by atoms with E-state index >= 15 is 0 Å². The van der Waals surface area contributed by atoms with Gasteiger partial charge in [0.2, 0.25) is 0 Å². The summed E-state index contributed by atoms with van der Waals surface area (Å²) in [5.41, 5.74) is 1.73. The monoisotopic (exact) mass is 194 g/mol. The standard InChI is InChI=1S/C10H10O2S/c1-5-9-7(12)3-4-8(9)13-10(5)6(2)11/h3-4H2,1-2H3. The number of aryl methyl sites for hydroxylation is 1. The lowest BCUT2D eigenvalue weighted by Crippen LogP contribution is -1.96. The molecule has 0 spiro atoms. The number of carbonyl (C=O) groups is 2. The lowest BCUT2D eigenvalue weighted by Gasteiger charge is -1.94. The third-order valence-electron chi connectivity index (χ3n) is 2.40. The van der Waals surface area contributed by atoms with E-state index in [1.165, 1.54) is 11.3 Å². The highest BCUT2D eigenvalue weighted by molar-refractivity contribution is 7.14. The molecule has 0 saturated heterocycles. The van der Waals surface area contributed by atoms with Crippen LogP contribution in [-0.2, 0) is 6.42 Å². The molecule has 0 saturated carbocycles. The van der Waals surface area contributed by atoms with Crippen molar-refractivity contribution < 1.29 is 9.59 Å². The molecule has 1 aliphatic carbocycles. The molecule has 2 nitrogen and oxygen atoms in total. The number of thiophene rings is 1. The number of ketones is 2. The summed E-state index contributed by atoms with van der Waals surface area (Å²) in [6.07, 6.45) is 1.45. The van der Waals surface area contributed by atoms with Gasteiger partial charge in [0.05, 0.1) is 4.88 Å². The van der Waals surface area contributed by atoms with Gasteiger partial charge in [-0.3, -0.25) is 9.59 Å². The Bertz CT molecular complexity index is 401. The van der Waals surface area contributed by atoms with Crippen LogP contribution in [-0.4, -0.2) is 11.6 Å². The summed E-state index contributed by atoms with van der Waals surface area (Å²) in [5, 5.41) is 0. The van der Waals surface area contributed by atoms with E-state index in [4.69, 9.17) is 0 Å². The fraction of sp³-hybridized carbons (Fsp3) is 0.400. The Kier molecular flexibility index (Phi) is 1.84. The van der Waals surface area contributed by atoms with E-state index in [1.54, 1.807) is 6.92 Å². The van der Waals surface area contributed by atoms with Crippen molar-refractivity contribution in [1.29, 1.82) is 0 Å². The van der Waals surface area contributed by atoms with Gasteiger partial charge in [-0.15, -0.1) is 11.3 Å². The Labute approximate surface area is 80.6 Å². The predicted octanol–water partition coefficient (Wildman–Crippen LogP) is 2.39. The van der Waals surface area contributed by atoms with Gasteiger partial charge in [0, 0.05) is 16.9 Å². The Morgan fingerprint density at radius 3 is 2.62 bits per heavy atom. The van der Waals surface area contributed by atoms with Gasteiger partial charge in [-0.2, -0.15) is 0 Å². The van der Waals surface area contributed by atoms with Gasteiger partial charge in [-0.05, 0) is 25.8 Å². The van der Waals surface area contributed by atoms with E-state index in [9.17, 15) is 9.59 Å². The van der Waals surface area contributed by atoms with Gasteiger partial charge >= 0.3 is 0 Å². The van der Waals surface area contributed by atoms with Crippen LogP contribution in [0.25, 0.3) is 0 Å². The van der Waals surface area contributed by atoms with Crippen LogP contribution in [0.1, 0.15) is 43.8 Å². The molecule has 1 heterocycles. The summed E-state index contributed by atoms with van der Waals surface area (Å²) in [7, 11) is 0. The van der Waals surface area contributed by atoms with Gasteiger partial charge in [-0.25, -0.2) is 0 Å². The molecule has 0 N–H and O–H groups in total. The molecule has 0 amide bonds. The quantitative estimate of drug-likeness (QED) is 0.643.